The van der Waals surface area contributed by atoms with E-state index in [4.69, 9.17) is 16.3 Å². The molecule has 2 aliphatic rings. The standard InChI is InChI=1S/C25H25ClN4O4/c1-14-24(20-8-5-18(26)11-23(20)34-3)30(25(32)33)22-10-16(4-9-21(22)29(14)15(2)31)17-12-27-28(13-17)19-6-7-19/h4-5,8-14,19,24H,6-7H2,1-3H3,(H,32,33)/t14-,24?/m0/s1. The molecule has 0 radical (unpaired) electrons. The van der Waals surface area contributed by atoms with Crippen LogP contribution >= 0.6 is 11.6 Å². The zero-order chi connectivity index (χ0) is 24.1. The van der Waals surface area contributed by atoms with Crippen LogP contribution in [0.25, 0.3) is 11.1 Å². The molecule has 5 rings (SSSR count). The van der Waals surface area contributed by atoms with E-state index in [1.165, 1.54) is 18.9 Å². The van der Waals surface area contributed by atoms with Crippen molar-refractivity contribution in [2.45, 2.75) is 44.8 Å². The van der Waals surface area contributed by atoms with E-state index in [0.717, 1.165) is 24.0 Å². The maximum atomic E-state index is 12.8. The molecule has 176 valence electrons. The van der Waals surface area contributed by atoms with Gasteiger partial charge in [-0.05, 0) is 49.6 Å². The van der Waals surface area contributed by atoms with Crippen LogP contribution in [0.3, 0.4) is 0 Å². The van der Waals surface area contributed by atoms with Crippen molar-refractivity contribution in [1.82, 2.24) is 9.78 Å². The van der Waals surface area contributed by atoms with Crippen molar-refractivity contribution in [2.75, 3.05) is 16.9 Å². The zero-order valence-corrected chi connectivity index (χ0v) is 19.9. The molecule has 0 spiro atoms. The number of ether oxygens (including phenoxy) is 1. The Balaban J connectivity index is 1.68. The number of hydrogen-bond donors (Lipinski definition) is 1. The SMILES string of the molecule is COc1cc(Cl)ccc1C1[C@H](C)N(C(C)=O)c2ccc(-c3cnn(C4CC4)c3)cc2N1C(=O)O. The molecule has 1 unspecified atom stereocenters. The van der Waals surface area contributed by atoms with E-state index < -0.39 is 18.2 Å². The van der Waals surface area contributed by atoms with Gasteiger partial charge in [-0.1, -0.05) is 23.7 Å². The Morgan fingerprint density at radius 1 is 1.09 bits per heavy atom. The number of aromatic nitrogens is 2. The van der Waals surface area contributed by atoms with E-state index in [1.54, 1.807) is 29.3 Å². The lowest BCUT2D eigenvalue weighted by Gasteiger charge is -2.46. The second kappa shape index (κ2) is 8.36. The van der Waals surface area contributed by atoms with Gasteiger partial charge >= 0.3 is 6.09 Å². The van der Waals surface area contributed by atoms with Gasteiger partial charge in [-0.15, -0.1) is 0 Å². The molecule has 2 atom stereocenters. The number of hydrogen-bond acceptors (Lipinski definition) is 4. The average Bonchev–Trinajstić information content (AvgIpc) is 3.54. The Hall–Kier alpha value is -3.52. The Kier molecular flexibility index (Phi) is 5.48. The summed E-state index contributed by atoms with van der Waals surface area (Å²) < 4.78 is 7.50. The summed E-state index contributed by atoms with van der Waals surface area (Å²) in [4.78, 5) is 28.4. The topological polar surface area (TPSA) is 87.9 Å². The predicted molar refractivity (Wildman–Crippen MR) is 130 cm³/mol. The third kappa shape index (κ3) is 3.68. The Labute approximate surface area is 202 Å². The quantitative estimate of drug-likeness (QED) is 0.530. The average molecular weight is 481 g/mol. The smallest absolute Gasteiger partial charge is 0.412 e. The van der Waals surface area contributed by atoms with Gasteiger partial charge in [-0.2, -0.15) is 5.10 Å². The highest BCUT2D eigenvalue weighted by Gasteiger charge is 2.43. The van der Waals surface area contributed by atoms with Crippen LogP contribution in [0.4, 0.5) is 16.2 Å². The minimum Gasteiger partial charge on any atom is -0.496 e. The molecule has 3 aromatic rings. The van der Waals surface area contributed by atoms with Crippen molar-refractivity contribution >= 4 is 35.0 Å². The second-order valence-electron chi connectivity index (χ2n) is 8.76. The number of rotatable bonds is 4. The van der Waals surface area contributed by atoms with Crippen molar-refractivity contribution in [3.63, 3.8) is 0 Å². The van der Waals surface area contributed by atoms with Gasteiger partial charge in [0.1, 0.15) is 5.75 Å². The number of methoxy groups -OCH3 is 1. The Morgan fingerprint density at radius 2 is 1.85 bits per heavy atom. The third-order valence-corrected chi connectivity index (χ3v) is 6.79. The van der Waals surface area contributed by atoms with Crippen molar-refractivity contribution in [2.24, 2.45) is 0 Å². The number of amides is 2. The predicted octanol–water partition coefficient (Wildman–Crippen LogP) is 5.53. The third-order valence-electron chi connectivity index (χ3n) is 6.55. The number of fused-ring (bicyclic) bond motifs is 1. The van der Waals surface area contributed by atoms with Gasteiger partial charge in [0, 0.05) is 29.3 Å². The summed E-state index contributed by atoms with van der Waals surface area (Å²) in [6, 6.07) is 9.88. The van der Waals surface area contributed by atoms with Crippen molar-refractivity contribution in [3.8, 4) is 16.9 Å². The number of halogens is 1. The van der Waals surface area contributed by atoms with Crippen LogP contribution in [-0.2, 0) is 4.79 Å². The summed E-state index contributed by atoms with van der Waals surface area (Å²) in [5.74, 6) is 0.287. The number of nitrogens with zero attached hydrogens (tertiary/aromatic N) is 4. The summed E-state index contributed by atoms with van der Waals surface area (Å²) in [6.07, 6.45) is 4.89. The first-order valence-electron chi connectivity index (χ1n) is 11.1. The number of anilines is 2. The van der Waals surface area contributed by atoms with Crippen LogP contribution in [0, 0.1) is 0 Å². The van der Waals surface area contributed by atoms with E-state index in [0.29, 0.717) is 33.8 Å². The van der Waals surface area contributed by atoms with Crippen molar-refractivity contribution in [3.05, 3.63) is 59.4 Å². The van der Waals surface area contributed by atoms with Crippen LogP contribution < -0.4 is 14.5 Å². The van der Waals surface area contributed by atoms with E-state index in [1.807, 2.05) is 36.0 Å². The largest absolute Gasteiger partial charge is 0.496 e. The van der Waals surface area contributed by atoms with Crippen LogP contribution in [0.5, 0.6) is 5.75 Å². The lowest BCUT2D eigenvalue weighted by atomic mass is 9.91. The van der Waals surface area contributed by atoms with Gasteiger partial charge in [0.2, 0.25) is 5.91 Å². The Morgan fingerprint density at radius 3 is 2.50 bits per heavy atom. The molecule has 0 bridgehead atoms. The van der Waals surface area contributed by atoms with E-state index in [2.05, 4.69) is 5.10 Å². The zero-order valence-electron chi connectivity index (χ0n) is 19.1. The summed E-state index contributed by atoms with van der Waals surface area (Å²) in [5, 5.41) is 15.3. The minimum absolute atomic E-state index is 0.175. The molecule has 1 N–H and O–H groups in total. The first-order chi connectivity index (χ1) is 16.3. The van der Waals surface area contributed by atoms with E-state index in [-0.39, 0.29) is 5.91 Å². The summed E-state index contributed by atoms with van der Waals surface area (Å²) in [7, 11) is 1.51. The number of carbonyl (C=O) groups is 2. The number of carbonyl (C=O) groups excluding carboxylic acids is 1. The first kappa shape index (κ1) is 22.3. The highest BCUT2D eigenvalue weighted by molar-refractivity contribution is 6.30. The molecule has 9 heteroatoms. The fourth-order valence-electron chi connectivity index (χ4n) is 4.86. The van der Waals surface area contributed by atoms with Gasteiger partial charge in [0.15, 0.2) is 0 Å². The Bertz CT molecular complexity index is 1290. The summed E-state index contributed by atoms with van der Waals surface area (Å²) in [5.41, 5.74) is 3.33. The molecule has 2 aromatic carbocycles. The molecule has 1 aromatic heterocycles. The minimum atomic E-state index is -1.12. The molecule has 1 saturated carbocycles. The molecule has 34 heavy (non-hydrogen) atoms. The fraction of sp³-hybridized carbons (Fsp3) is 0.320. The van der Waals surface area contributed by atoms with Gasteiger partial charge in [-0.25, -0.2) is 4.79 Å². The van der Waals surface area contributed by atoms with Crippen LogP contribution in [0.1, 0.15) is 44.3 Å². The number of carboxylic acid groups (broad SMARTS) is 1. The van der Waals surface area contributed by atoms with Crippen molar-refractivity contribution < 1.29 is 19.4 Å². The maximum absolute atomic E-state index is 12.8. The molecule has 1 fully saturated rings. The fourth-order valence-corrected chi connectivity index (χ4v) is 5.02. The van der Waals surface area contributed by atoms with Crippen LogP contribution in [-0.4, -0.2) is 40.0 Å². The lowest BCUT2D eigenvalue weighted by Crippen LogP contribution is -2.53. The number of benzene rings is 2. The van der Waals surface area contributed by atoms with Gasteiger partial charge in [0.25, 0.3) is 0 Å². The second-order valence-corrected chi connectivity index (χ2v) is 9.19. The van der Waals surface area contributed by atoms with Crippen LogP contribution in [0.2, 0.25) is 5.02 Å². The van der Waals surface area contributed by atoms with Gasteiger partial charge in [0.05, 0.1) is 42.8 Å². The molecule has 2 amide bonds. The summed E-state index contributed by atoms with van der Waals surface area (Å²) in [6.45, 7) is 3.33. The summed E-state index contributed by atoms with van der Waals surface area (Å²) >= 11 is 6.16. The van der Waals surface area contributed by atoms with E-state index >= 15 is 0 Å². The lowest BCUT2D eigenvalue weighted by molar-refractivity contribution is -0.117. The molecule has 0 saturated heterocycles. The van der Waals surface area contributed by atoms with Gasteiger partial charge in [-0.3, -0.25) is 14.4 Å². The monoisotopic (exact) mass is 480 g/mol. The maximum Gasteiger partial charge on any atom is 0.412 e. The molecular weight excluding hydrogens is 456 g/mol. The highest BCUT2D eigenvalue weighted by Crippen LogP contribution is 2.48. The molecule has 2 heterocycles. The highest BCUT2D eigenvalue weighted by atomic mass is 35.5. The first-order valence-corrected chi connectivity index (χ1v) is 11.5. The molecule has 1 aliphatic heterocycles. The normalized spacial score (nSPS) is 19.6. The van der Waals surface area contributed by atoms with Crippen molar-refractivity contribution in [1.29, 1.82) is 0 Å². The molecule has 1 aliphatic carbocycles. The van der Waals surface area contributed by atoms with E-state index in [9.17, 15) is 14.7 Å². The van der Waals surface area contributed by atoms with Crippen LogP contribution in [0.15, 0.2) is 48.8 Å². The van der Waals surface area contributed by atoms with Gasteiger partial charge < -0.3 is 14.7 Å². The molecular formula is C25H25ClN4O4. The molecule has 8 nitrogen and oxygen atoms in total.